The van der Waals surface area contributed by atoms with Crippen LogP contribution < -0.4 is 15.6 Å². The van der Waals surface area contributed by atoms with Crippen molar-refractivity contribution >= 4 is 22.6 Å². The molecule has 138 valence electrons. The van der Waals surface area contributed by atoms with E-state index < -0.39 is 17.3 Å². The van der Waals surface area contributed by atoms with Gasteiger partial charge in [-0.1, -0.05) is 11.6 Å². The lowest BCUT2D eigenvalue weighted by Crippen LogP contribution is -2.30. The molecule has 0 bridgehead atoms. The molecule has 2 heterocycles. The van der Waals surface area contributed by atoms with Crippen LogP contribution in [0.2, 0.25) is 0 Å². The number of hydrogen-bond donors (Lipinski definition) is 1. The SMILES string of the molecule is Cc1ccc2c(=O)n(CC(=O)Nc3ncc(F)cn3)nc(OC3CC3)c2c1. The Morgan fingerprint density at radius 1 is 1.30 bits per heavy atom. The van der Waals surface area contributed by atoms with E-state index in [1.165, 1.54) is 0 Å². The summed E-state index contributed by atoms with van der Waals surface area (Å²) in [5, 5.41) is 7.70. The van der Waals surface area contributed by atoms with Crippen LogP contribution in [-0.4, -0.2) is 31.8 Å². The van der Waals surface area contributed by atoms with Crippen molar-refractivity contribution in [2.75, 3.05) is 5.32 Å². The van der Waals surface area contributed by atoms with Crippen molar-refractivity contribution in [3.8, 4) is 5.88 Å². The Morgan fingerprint density at radius 3 is 2.74 bits per heavy atom. The Labute approximate surface area is 153 Å². The van der Waals surface area contributed by atoms with E-state index in [2.05, 4.69) is 20.4 Å². The lowest BCUT2D eigenvalue weighted by atomic mass is 10.1. The van der Waals surface area contributed by atoms with Crippen molar-refractivity contribution < 1.29 is 13.9 Å². The summed E-state index contributed by atoms with van der Waals surface area (Å²) in [5.41, 5.74) is 0.580. The van der Waals surface area contributed by atoms with Gasteiger partial charge in [-0.2, -0.15) is 0 Å². The molecule has 0 saturated heterocycles. The highest BCUT2D eigenvalue weighted by molar-refractivity contribution is 5.90. The van der Waals surface area contributed by atoms with Gasteiger partial charge in [0.2, 0.25) is 17.7 Å². The minimum atomic E-state index is -0.613. The molecule has 1 aliphatic rings. The molecular formula is C18H16FN5O3. The third-order valence-electron chi connectivity index (χ3n) is 4.05. The van der Waals surface area contributed by atoms with Gasteiger partial charge in [0.1, 0.15) is 12.6 Å². The van der Waals surface area contributed by atoms with Gasteiger partial charge in [-0.15, -0.1) is 5.10 Å². The van der Waals surface area contributed by atoms with E-state index in [1.54, 1.807) is 6.07 Å². The molecule has 1 amide bonds. The standard InChI is InChI=1S/C18H16FN5O3/c1-10-2-5-13-14(6-10)16(27-12-3-4-12)23-24(17(13)26)9-15(25)22-18-20-7-11(19)8-21-18/h2,5-8,12H,3-4,9H2,1H3,(H,20,21,22,25). The molecule has 1 fully saturated rings. The number of ether oxygens (including phenoxy) is 1. The topological polar surface area (TPSA) is 99.0 Å². The van der Waals surface area contributed by atoms with Gasteiger partial charge in [0.05, 0.1) is 23.2 Å². The predicted molar refractivity (Wildman–Crippen MR) is 95.0 cm³/mol. The number of anilines is 1. The van der Waals surface area contributed by atoms with Crippen LogP contribution in [0.4, 0.5) is 10.3 Å². The molecule has 1 saturated carbocycles. The number of halogens is 1. The summed E-state index contributed by atoms with van der Waals surface area (Å²) in [5.74, 6) is -0.889. The van der Waals surface area contributed by atoms with Gasteiger partial charge in [0.15, 0.2) is 5.82 Å². The van der Waals surface area contributed by atoms with Crippen LogP contribution in [0.3, 0.4) is 0 Å². The van der Waals surface area contributed by atoms with E-state index in [9.17, 15) is 14.0 Å². The minimum absolute atomic E-state index is 0.0553. The molecule has 0 aliphatic heterocycles. The number of carbonyl (C=O) groups is 1. The van der Waals surface area contributed by atoms with Crippen LogP contribution in [0, 0.1) is 12.7 Å². The molecule has 1 N–H and O–H groups in total. The Kier molecular flexibility index (Phi) is 4.27. The number of aromatic nitrogens is 4. The fourth-order valence-corrected chi connectivity index (χ4v) is 2.58. The molecule has 8 nitrogen and oxygen atoms in total. The fourth-order valence-electron chi connectivity index (χ4n) is 2.58. The number of rotatable bonds is 5. The summed E-state index contributed by atoms with van der Waals surface area (Å²) in [4.78, 5) is 32.3. The maximum absolute atomic E-state index is 12.8. The maximum Gasteiger partial charge on any atom is 0.275 e. The highest BCUT2D eigenvalue weighted by Gasteiger charge is 2.26. The molecule has 4 rings (SSSR count). The van der Waals surface area contributed by atoms with Gasteiger partial charge < -0.3 is 4.74 Å². The minimum Gasteiger partial charge on any atom is -0.473 e. The summed E-state index contributed by atoms with van der Waals surface area (Å²) < 4.78 is 19.7. The largest absolute Gasteiger partial charge is 0.473 e. The lowest BCUT2D eigenvalue weighted by molar-refractivity contribution is -0.117. The zero-order valence-corrected chi connectivity index (χ0v) is 14.5. The second-order valence-electron chi connectivity index (χ2n) is 6.41. The van der Waals surface area contributed by atoms with Crippen molar-refractivity contribution in [3.63, 3.8) is 0 Å². The Balaban J connectivity index is 1.65. The zero-order chi connectivity index (χ0) is 19.0. The quantitative estimate of drug-likeness (QED) is 0.736. The Hall–Kier alpha value is -3.36. The molecule has 0 radical (unpaired) electrons. The van der Waals surface area contributed by atoms with Gasteiger partial charge in [0.25, 0.3) is 5.56 Å². The average Bonchev–Trinajstić information content (AvgIpc) is 3.45. The van der Waals surface area contributed by atoms with Crippen LogP contribution in [0.5, 0.6) is 5.88 Å². The number of fused-ring (bicyclic) bond motifs is 1. The normalized spacial score (nSPS) is 13.6. The number of amides is 1. The summed E-state index contributed by atoms with van der Waals surface area (Å²) in [6, 6.07) is 5.37. The van der Waals surface area contributed by atoms with Crippen molar-refractivity contribution in [1.29, 1.82) is 0 Å². The molecule has 0 atom stereocenters. The van der Waals surface area contributed by atoms with E-state index in [0.29, 0.717) is 16.7 Å². The first kappa shape index (κ1) is 17.1. The molecule has 1 aliphatic carbocycles. The number of benzene rings is 1. The molecule has 1 aromatic carbocycles. The fraction of sp³-hybridized carbons (Fsp3) is 0.278. The third kappa shape index (κ3) is 3.76. The Bertz CT molecular complexity index is 1080. The van der Waals surface area contributed by atoms with Gasteiger partial charge in [-0.3, -0.25) is 14.9 Å². The number of nitrogens with one attached hydrogen (secondary N) is 1. The highest BCUT2D eigenvalue weighted by Crippen LogP contribution is 2.29. The summed E-state index contributed by atoms with van der Waals surface area (Å²) in [6.45, 7) is 1.58. The van der Waals surface area contributed by atoms with Crippen LogP contribution in [0.15, 0.2) is 35.4 Å². The van der Waals surface area contributed by atoms with Gasteiger partial charge in [0, 0.05) is 0 Å². The zero-order valence-electron chi connectivity index (χ0n) is 14.5. The van der Waals surface area contributed by atoms with E-state index in [1.807, 2.05) is 19.1 Å². The van der Waals surface area contributed by atoms with Gasteiger partial charge >= 0.3 is 0 Å². The molecule has 2 aromatic heterocycles. The lowest BCUT2D eigenvalue weighted by Gasteiger charge is -2.12. The first-order chi connectivity index (χ1) is 13.0. The summed E-state index contributed by atoms with van der Waals surface area (Å²) in [6.07, 6.45) is 3.85. The molecule has 0 unspecified atom stereocenters. The number of aryl methyl sites for hydroxylation is 1. The van der Waals surface area contributed by atoms with Crippen LogP contribution >= 0.6 is 0 Å². The molecule has 0 spiro atoms. The summed E-state index contributed by atoms with van der Waals surface area (Å²) >= 11 is 0. The molecular weight excluding hydrogens is 353 g/mol. The van der Waals surface area contributed by atoms with Crippen LogP contribution in [0.1, 0.15) is 18.4 Å². The number of nitrogens with zero attached hydrogens (tertiary/aromatic N) is 4. The van der Waals surface area contributed by atoms with Crippen molar-refractivity contribution in [3.05, 3.63) is 52.3 Å². The van der Waals surface area contributed by atoms with E-state index in [0.717, 1.165) is 35.5 Å². The third-order valence-corrected chi connectivity index (χ3v) is 4.05. The van der Waals surface area contributed by atoms with Crippen LogP contribution in [-0.2, 0) is 11.3 Å². The van der Waals surface area contributed by atoms with E-state index in [-0.39, 0.29) is 18.6 Å². The Morgan fingerprint density at radius 2 is 2.04 bits per heavy atom. The number of carbonyl (C=O) groups excluding carboxylic acids is 1. The predicted octanol–water partition coefficient (Wildman–Crippen LogP) is 1.81. The first-order valence-electron chi connectivity index (χ1n) is 8.45. The van der Waals surface area contributed by atoms with E-state index in [4.69, 9.17) is 4.74 Å². The van der Waals surface area contributed by atoms with Crippen LogP contribution in [0.25, 0.3) is 10.8 Å². The van der Waals surface area contributed by atoms with Gasteiger partial charge in [-0.05, 0) is 31.9 Å². The number of hydrogen-bond acceptors (Lipinski definition) is 6. The van der Waals surface area contributed by atoms with Crippen molar-refractivity contribution in [2.24, 2.45) is 0 Å². The maximum atomic E-state index is 12.8. The van der Waals surface area contributed by atoms with E-state index >= 15 is 0 Å². The molecule has 9 heteroatoms. The second-order valence-corrected chi connectivity index (χ2v) is 6.41. The first-order valence-corrected chi connectivity index (χ1v) is 8.45. The average molecular weight is 369 g/mol. The molecule has 3 aromatic rings. The van der Waals surface area contributed by atoms with Crippen molar-refractivity contribution in [1.82, 2.24) is 19.7 Å². The summed E-state index contributed by atoms with van der Waals surface area (Å²) in [7, 11) is 0. The highest BCUT2D eigenvalue weighted by atomic mass is 19.1. The van der Waals surface area contributed by atoms with Crippen molar-refractivity contribution in [2.45, 2.75) is 32.4 Å². The van der Waals surface area contributed by atoms with Gasteiger partial charge in [-0.25, -0.2) is 19.0 Å². The second kappa shape index (κ2) is 6.75. The molecule has 27 heavy (non-hydrogen) atoms. The monoisotopic (exact) mass is 369 g/mol. The smallest absolute Gasteiger partial charge is 0.275 e.